The molecular formula is C16H19NO2. The van der Waals surface area contributed by atoms with Gasteiger partial charge < -0.3 is 4.90 Å². The molecule has 0 bridgehead atoms. The van der Waals surface area contributed by atoms with Gasteiger partial charge in [-0.25, -0.2) is 0 Å². The molecule has 0 aliphatic heterocycles. The van der Waals surface area contributed by atoms with E-state index in [-0.39, 0.29) is 5.91 Å². The molecule has 0 aromatic heterocycles. The molecule has 3 heteroatoms. The van der Waals surface area contributed by atoms with Crippen molar-refractivity contribution in [3.63, 3.8) is 0 Å². The number of amides is 1. The Labute approximate surface area is 113 Å². The molecule has 19 heavy (non-hydrogen) atoms. The first-order valence-electron chi connectivity index (χ1n) is 6.97. The van der Waals surface area contributed by atoms with Crippen LogP contribution in [-0.4, -0.2) is 30.2 Å². The van der Waals surface area contributed by atoms with Crippen molar-refractivity contribution >= 4 is 12.2 Å². The third-order valence-electron chi connectivity index (χ3n) is 4.94. The van der Waals surface area contributed by atoms with Gasteiger partial charge in [-0.1, -0.05) is 24.6 Å². The van der Waals surface area contributed by atoms with E-state index in [0.717, 1.165) is 19.1 Å². The molecule has 0 unspecified atom stereocenters. The SMILES string of the molecule is CN(C(=O)c1ccccc1C=O)C1CC2(CCC2)C1. The quantitative estimate of drug-likeness (QED) is 0.781. The van der Waals surface area contributed by atoms with Crippen molar-refractivity contribution in [1.82, 2.24) is 4.90 Å². The summed E-state index contributed by atoms with van der Waals surface area (Å²) in [6, 6.07) is 7.38. The lowest BCUT2D eigenvalue weighted by molar-refractivity contribution is -0.0386. The molecule has 0 atom stereocenters. The minimum Gasteiger partial charge on any atom is -0.339 e. The Balaban J connectivity index is 1.71. The van der Waals surface area contributed by atoms with Gasteiger partial charge in [0.25, 0.3) is 5.91 Å². The number of carbonyl (C=O) groups excluding carboxylic acids is 2. The van der Waals surface area contributed by atoms with E-state index in [1.807, 2.05) is 18.0 Å². The summed E-state index contributed by atoms with van der Waals surface area (Å²) in [5, 5.41) is 0. The van der Waals surface area contributed by atoms with Gasteiger partial charge in [-0.2, -0.15) is 0 Å². The monoisotopic (exact) mass is 257 g/mol. The fourth-order valence-electron chi connectivity index (χ4n) is 3.45. The zero-order valence-corrected chi connectivity index (χ0v) is 11.3. The molecule has 2 fully saturated rings. The second kappa shape index (κ2) is 4.48. The number of nitrogens with zero attached hydrogens (tertiary/aromatic N) is 1. The van der Waals surface area contributed by atoms with Crippen molar-refractivity contribution in [3.8, 4) is 0 Å². The highest BCUT2D eigenvalue weighted by Crippen LogP contribution is 2.57. The molecule has 2 aliphatic rings. The predicted molar refractivity (Wildman–Crippen MR) is 73.2 cm³/mol. The van der Waals surface area contributed by atoms with Crippen LogP contribution in [0.4, 0.5) is 0 Å². The van der Waals surface area contributed by atoms with E-state index in [9.17, 15) is 9.59 Å². The van der Waals surface area contributed by atoms with Crippen LogP contribution in [0.5, 0.6) is 0 Å². The third-order valence-corrected chi connectivity index (χ3v) is 4.94. The molecule has 1 aromatic rings. The lowest BCUT2D eigenvalue weighted by atomic mass is 9.54. The molecule has 2 aliphatic carbocycles. The van der Waals surface area contributed by atoms with Crippen molar-refractivity contribution in [1.29, 1.82) is 0 Å². The van der Waals surface area contributed by atoms with E-state index in [0.29, 0.717) is 22.6 Å². The first kappa shape index (κ1) is 12.4. The maximum Gasteiger partial charge on any atom is 0.254 e. The summed E-state index contributed by atoms with van der Waals surface area (Å²) in [5.74, 6) is -0.0260. The van der Waals surface area contributed by atoms with Crippen molar-refractivity contribution in [2.75, 3.05) is 7.05 Å². The molecule has 100 valence electrons. The van der Waals surface area contributed by atoms with Crippen LogP contribution in [0, 0.1) is 5.41 Å². The first-order valence-corrected chi connectivity index (χ1v) is 6.97. The van der Waals surface area contributed by atoms with Crippen LogP contribution in [0.3, 0.4) is 0 Å². The molecular weight excluding hydrogens is 238 g/mol. The van der Waals surface area contributed by atoms with Crippen LogP contribution in [0.2, 0.25) is 0 Å². The van der Waals surface area contributed by atoms with E-state index < -0.39 is 0 Å². The summed E-state index contributed by atoms with van der Waals surface area (Å²) in [5.41, 5.74) is 1.57. The van der Waals surface area contributed by atoms with Gasteiger partial charge in [-0.3, -0.25) is 9.59 Å². The van der Waals surface area contributed by atoms with Gasteiger partial charge >= 0.3 is 0 Å². The van der Waals surface area contributed by atoms with Gasteiger partial charge in [0.05, 0.1) is 5.56 Å². The van der Waals surface area contributed by atoms with Crippen molar-refractivity contribution < 1.29 is 9.59 Å². The average molecular weight is 257 g/mol. The summed E-state index contributed by atoms with van der Waals surface area (Å²) in [6.45, 7) is 0. The fraction of sp³-hybridized carbons (Fsp3) is 0.500. The second-order valence-corrected chi connectivity index (χ2v) is 6.04. The first-order chi connectivity index (χ1) is 9.15. The molecule has 2 saturated carbocycles. The summed E-state index contributed by atoms with van der Waals surface area (Å²) in [7, 11) is 1.86. The molecule has 1 amide bonds. The highest BCUT2D eigenvalue weighted by Gasteiger charge is 2.50. The van der Waals surface area contributed by atoms with E-state index >= 15 is 0 Å². The Morgan fingerprint density at radius 3 is 2.58 bits per heavy atom. The zero-order chi connectivity index (χ0) is 13.5. The van der Waals surface area contributed by atoms with Crippen molar-refractivity contribution in [2.24, 2.45) is 5.41 Å². The Kier molecular flexibility index (Phi) is 2.92. The summed E-state index contributed by atoms with van der Waals surface area (Å²) >= 11 is 0. The maximum atomic E-state index is 12.4. The molecule has 0 heterocycles. The minimum atomic E-state index is -0.0260. The van der Waals surface area contributed by atoms with Crippen LogP contribution in [0.1, 0.15) is 52.8 Å². The molecule has 3 nitrogen and oxygen atoms in total. The lowest BCUT2D eigenvalue weighted by Crippen LogP contribution is -2.54. The lowest BCUT2D eigenvalue weighted by Gasteiger charge is -2.56. The Hall–Kier alpha value is -1.64. The van der Waals surface area contributed by atoms with E-state index in [4.69, 9.17) is 0 Å². The van der Waals surface area contributed by atoms with E-state index in [1.165, 1.54) is 19.3 Å². The van der Waals surface area contributed by atoms with Gasteiger partial charge in [0.2, 0.25) is 0 Å². The van der Waals surface area contributed by atoms with Gasteiger partial charge in [-0.05, 0) is 37.2 Å². The van der Waals surface area contributed by atoms with Gasteiger partial charge in [0, 0.05) is 18.7 Å². The highest BCUT2D eigenvalue weighted by molar-refractivity contribution is 6.01. The van der Waals surface area contributed by atoms with Crippen molar-refractivity contribution in [3.05, 3.63) is 35.4 Å². The number of hydrogen-bond donors (Lipinski definition) is 0. The van der Waals surface area contributed by atoms with Crippen LogP contribution in [0.15, 0.2) is 24.3 Å². The highest BCUT2D eigenvalue weighted by atomic mass is 16.2. The van der Waals surface area contributed by atoms with Gasteiger partial charge in [0.15, 0.2) is 6.29 Å². The van der Waals surface area contributed by atoms with Gasteiger partial charge in [-0.15, -0.1) is 0 Å². The van der Waals surface area contributed by atoms with Crippen LogP contribution in [0.25, 0.3) is 0 Å². The Morgan fingerprint density at radius 1 is 1.32 bits per heavy atom. The topological polar surface area (TPSA) is 37.4 Å². The van der Waals surface area contributed by atoms with Crippen LogP contribution < -0.4 is 0 Å². The second-order valence-electron chi connectivity index (χ2n) is 6.04. The standard InChI is InChI=1S/C16H19NO2/c1-17(13-9-16(10-13)7-4-8-16)15(19)14-6-3-2-5-12(14)11-18/h2-3,5-6,11,13H,4,7-10H2,1H3. The zero-order valence-electron chi connectivity index (χ0n) is 11.3. The Bertz CT molecular complexity index is 511. The number of rotatable bonds is 3. The summed E-state index contributed by atoms with van der Waals surface area (Å²) < 4.78 is 0. The average Bonchev–Trinajstić information content (AvgIpc) is 2.34. The number of carbonyl (C=O) groups is 2. The number of benzene rings is 1. The maximum absolute atomic E-state index is 12.4. The smallest absolute Gasteiger partial charge is 0.254 e. The number of hydrogen-bond acceptors (Lipinski definition) is 2. The predicted octanol–water partition coefficient (Wildman–Crippen LogP) is 2.90. The number of aldehydes is 1. The Morgan fingerprint density at radius 2 is 2.00 bits per heavy atom. The van der Waals surface area contributed by atoms with Crippen molar-refractivity contribution in [2.45, 2.75) is 38.1 Å². The summed E-state index contributed by atoms with van der Waals surface area (Å²) in [6.07, 6.45) is 7.04. The summed E-state index contributed by atoms with van der Waals surface area (Å²) in [4.78, 5) is 25.3. The molecule has 1 aromatic carbocycles. The van der Waals surface area contributed by atoms with Crippen LogP contribution in [-0.2, 0) is 0 Å². The van der Waals surface area contributed by atoms with Crippen LogP contribution >= 0.6 is 0 Å². The largest absolute Gasteiger partial charge is 0.339 e. The van der Waals surface area contributed by atoms with E-state index in [1.54, 1.807) is 18.2 Å². The molecule has 0 saturated heterocycles. The normalized spacial score (nSPS) is 20.5. The van der Waals surface area contributed by atoms with Gasteiger partial charge in [0.1, 0.15) is 0 Å². The minimum absolute atomic E-state index is 0.0260. The molecule has 1 spiro atoms. The van der Waals surface area contributed by atoms with E-state index in [2.05, 4.69) is 0 Å². The third kappa shape index (κ3) is 1.97. The molecule has 3 rings (SSSR count). The fourth-order valence-corrected chi connectivity index (χ4v) is 3.45. The molecule has 0 N–H and O–H groups in total. The molecule has 0 radical (unpaired) electrons.